The summed E-state index contributed by atoms with van der Waals surface area (Å²) < 4.78 is 7.03. The standard InChI is InChI=1S/C20H22N4O3/c1-12-9-17(14(3)24(12)18-10-13(2)27-23-18)20(26)22-16-7-5-15(6-8-16)11-19(25)21-4/h5-10H,11H2,1-4H3,(H,21,25)(H,22,26). The zero-order valence-electron chi connectivity index (χ0n) is 15.8. The number of rotatable bonds is 5. The Hall–Kier alpha value is -3.35. The van der Waals surface area contributed by atoms with Crippen LogP contribution >= 0.6 is 0 Å². The molecule has 140 valence electrons. The minimum absolute atomic E-state index is 0.0534. The molecule has 0 saturated carbocycles. The summed E-state index contributed by atoms with van der Waals surface area (Å²) in [6.07, 6.45) is 0.309. The third kappa shape index (κ3) is 3.92. The van der Waals surface area contributed by atoms with Crippen molar-refractivity contribution in [3.8, 4) is 5.82 Å². The van der Waals surface area contributed by atoms with Gasteiger partial charge in [-0.15, -0.1) is 0 Å². The van der Waals surface area contributed by atoms with Crippen molar-refractivity contribution >= 4 is 17.5 Å². The van der Waals surface area contributed by atoms with E-state index in [-0.39, 0.29) is 11.8 Å². The van der Waals surface area contributed by atoms with Crippen molar-refractivity contribution in [1.82, 2.24) is 15.0 Å². The molecule has 3 aromatic rings. The molecule has 3 rings (SSSR count). The van der Waals surface area contributed by atoms with Crippen LogP contribution in [0.5, 0.6) is 0 Å². The van der Waals surface area contributed by atoms with Crippen molar-refractivity contribution in [2.75, 3.05) is 12.4 Å². The van der Waals surface area contributed by atoms with E-state index < -0.39 is 0 Å². The van der Waals surface area contributed by atoms with Gasteiger partial charge < -0.3 is 15.2 Å². The first kappa shape index (κ1) is 18.4. The highest BCUT2D eigenvalue weighted by atomic mass is 16.5. The van der Waals surface area contributed by atoms with Crippen LogP contribution in [-0.4, -0.2) is 28.6 Å². The lowest BCUT2D eigenvalue weighted by Crippen LogP contribution is -2.19. The van der Waals surface area contributed by atoms with Crippen LogP contribution in [0.3, 0.4) is 0 Å². The fourth-order valence-electron chi connectivity index (χ4n) is 2.98. The molecule has 0 aliphatic carbocycles. The van der Waals surface area contributed by atoms with Gasteiger partial charge in [0.1, 0.15) is 5.76 Å². The summed E-state index contributed by atoms with van der Waals surface area (Å²) in [5.74, 6) is 1.11. The van der Waals surface area contributed by atoms with Crippen LogP contribution in [0.2, 0.25) is 0 Å². The van der Waals surface area contributed by atoms with Gasteiger partial charge in [-0.2, -0.15) is 0 Å². The molecule has 0 saturated heterocycles. The van der Waals surface area contributed by atoms with Crippen LogP contribution in [0.4, 0.5) is 5.69 Å². The number of carbonyl (C=O) groups is 2. The van der Waals surface area contributed by atoms with Crippen molar-refractivity contribution in [3.05, 3.63) is 64.7 Å². The zero-order valence-corrected chi connectivity index (χ0v) is 15.8. The van der Waals surface area contributed by atoms with Gasteiger partial charge in [-0.05, 0) is 44.5 Å². The lowest BCUT2D eigenvalue weighted by molar-refractivity contribution is -0.119. The van der Waals surface area contributed by atoms with Gasteiger partial charge in [0.2, 0.25) is 5.91 Å². The van der Waals surface area contributed by atoms with E-state index in [0.717, 1.165) is 17.0 Å². The van der Waals surface area contributed by atoms with Gasteiger partial charge in [0, 0.05) is 30.2 Å². The van der Waals surface area contributed by atoms with Gasteiger partial charge in [-0.1, -0.05) is 17.3 Å². The normalized spacial score (nSPS) is 10.7. The predicted octanol–water partition coefficient (Wildman–Crippen LogP) is 2.93. The molecule has 7 heteroatoms. The Morgan fingerprint density at radius 2 is 1.81 bits per heavy atom. The second kappa shape index (κ2) is 7.49. The maximum atomic E-state index is 12.7. The third-order valence-corrected chi connectivity index (χ3v) is 4.38. The van der Waals surface area contributed by atoms with E-state index in [2.05, 4.69) is 15.8 Å². The fourth-order valence-corrected chi connectivity index (χ4v) is 2.98. The first-order valence-corrected chi connectivity index (χ1v) is 8.62. The van der Waals surface area contributed by atoms with Gasteiger partial charge in [-0.3, -0.25) is 14.2 Å². The SMILES string of the molecule is CNC(=O)Cc1ccc(NC(=O)c2cc(C)n(-c3cc(C)on3)c2C)cc1. The number of hydrogen-bond donors (Lipinski definition) is 2. The van der Waals surface area contributed by atoms with E-state index in [1.807, 2.05) is 49.6 Å². The highest BCUT2D eigenvalue weighted by Crippen LogP contribution is 2.22. The van der Waals surface area contributed by atoms with Crippen LogP contribution in [0.1, 0.15) is 33.1 Å². The minimum atomic E-state index is -0.200. The molecule has 2 aromatic heterocycles. The number of amides is 2. The number of aromatic nitrogens is 2. The van der Waals surface area contributed by atoms with Crippen molar-refractivity contribution < 1.29 is 14.1 Å². The first-order valence-electron chi connectivity index (χ1n) is 8.62. The van der Waals surface area contributed by atoms with Gasteiger partial charge in [0.05, 0.1) is 12.0 Å². The molecule has 2 heterocycles. The van der Waals surface area contributed by atoms with E-state index in [4.69, 9.17) is 4.52 Å². The largest absolute Gasteiger partial charge is 0.360 e. The van der Waals surface area contributed by atoms with Crippen LogP contribution < -0.4 is 10.6 Å². The predicted molar refractivity (Wildman–Crippen MR) is 102 cm³/mol. The monoisotopic (exact) mass is 366 g/mol. The van der Waals surface area contributed by atoms with Crippen LogP contribution in [0.15, 0.2) is 40.9 Å². The molecule has 0 unspecified atom stereocenters. The second-order valence-corrected chi connectivity index (χ2v) is 6.42. The third-order valence-electron chi connectivity index (χ3n) is 4.38. The van der Waals surface area contributed by atoms with E-state index in [1.54, 1.807) is 19.2 Å². The topological polar surface area (TPSA) is 89.2 Å². The maximum Gasteiger partial charge on any atom is 0.257 e. The number of hydrogen-bond acceptors (Lipinski definition) is 4. The number of benzene rings is 1. The molecule has 2 N–H and O–H groups in total. The summed E-state index contributed by atoms with van der Waals surface area (Å²) in [5.41, 5.74) is 3.80. The molecule has 0 radical (unpaired) electrons. The molecule has 0 bridgehead atoms. The summed E-state index contributed by atoms with van der Waals surface area (Å²) in [5, 5.41) is 9.51. The Morgan fingerprint density at radius 3 is 2.41 bits per heavy atom. The van der Waals surface area contributed by atoms with Crippen molar-refractivity contribution in [2.45, 2.75) is 27.2 Å². The molecule has 1 aromatic carbocycles. The summed E-state index contributed by atoms with van der Waals surface area (Å²) in [4.78, 5) is 24.1. The van der Waals surface area contributed by atoms with Gasteiger partial charge in [-0.25, -0.2) is 0 Å². The van der Waals surface area contributed by atoms with Gasteiger partial charge in [0.15, 0.2) is 5.82 Å². The Morgan fingerprint density at radius 1 is 1.11 bits per heavy atom. The van der Waals surface area contributed by atoms with E-state index in [1.165, 1.54) is 0 Å². The van der Waals surface area contributed by atoms with E-state index in [9.17, 15) is 9.59 Å². The van der Waals surface area contributed by atoms with Crippen molar-refractivity contribution in [2.24, 2.45) is 0 Å². The van der Waals surface area contributed by atoms with Crippen LogP contribution in [-0.2, 0) is 11.2 Å². The number of carbonyl (C=O) groups excluding carboxylic acids is 2. The Labute approximate surface area is 157 Å². The van der Waals surface area contributed by atoms with Gasteiger partial charge in [0.25, 0.3) is 5.91 Å². The lowest BCUT2D eigenvalue weighted by Gasteiger charge is -2.08. The molecule has 27 heavy (non-hydrogen) atoms. The minimum Gasteiger partial charge on any atom is -0.360 e. The second-order valence-electron chi connectivity index (χ2n) is 6.42. The van der Waals surface area contributed by atoms with Crippen molar-refractivity contribution in [3.63, 3.8) is 0 Å². The average molecular weight is 366 g/mol. The van der Waals surface area contributed by atoms with E-state index in [0.29, 0.717) is 29.2 Å². The number of nitrogens with one attached hydrogen (secondary N) is 2. The maximum absolute atomic E-state index is 12.7. The molecular formula is C20H22N4O3. The Kier molecular flexibility index (Phi) is 5.12. The molecule has 0 fully saturated rings. The summed E-state index contributed by atoms with van der Waals surface area (Å²) in [6.45, 7) is 5.62. The molecule has 0 spiro atoms. The molecular weight excluding hydrogens is 344 g/mol. The average Bonchev–Trinajstić information content (AvgIpc) is 3.19. The molecule has 7 nitrogen and oxygen atoms in total. The smallest absolute Gasteiger partial charge is 0.257 e. The summed E-state index contributed by atoms with van der Waals surface area (Å²) in [6, 6.07) is 10.9. The molecule has 2 amide bonds. The Bertz CT molecular complexity index is 983. The quantitative estimate of drug-likeness (QED) is 0.727. The summed E-state index contributed by atoms with van der Waals surface area (Å²) >= 11 is 0. The van der Waals surface area contributed by atoms with Gasteiger partial charge >= 0.3 is 0 Å². The van der Waals surface area contributed by atoms with Crippen LogP contribution in [0, 0.1) is 20.8 Å². The molecule has 0 aliphatic heterocycles. The highest BCUT2D eigenvalue weighted by molar-refractivity contribution is 6.05. The molecule has 0 aliphatic rings. The lowest BCUT2D eigenvalue weighted by atomic mass is 10.1. The number of anilines is 1. The highest BCUT2D eigenvalue weighted by Gasteiger charge is 2.18. The number of nitrogens with zero attached hydrogens (tertiary/aromatic N) is 2. The first-order chi connectivity index (χ1) is 12.9. The number of aryl methyl sites for hydroxylation is 2. The van der Waals surface area contributed by atoms with Crippen molar-refractivity contribution in [1.29, 1.82) is 0 Å². The summed E-state index contributed by atoms with van der Waals surface area (Å²) in [7, 11) is 1.60. The fraction of sp³-hybridized carbons (Fsp3) is 0.250. The molecule has 0 atom stereocenters. The van der Waals surface area contributed by atoms with Crippen LogP contribution in [0.25, 0.3) is 5.82 Å². The number of likely N-dealkylation sites (N-methyl/N-ethyl adjacent to an activating group) is 1. The zero-order chi connectivity index (χ0) is 19.6. The van der Waals surface area contributed by atoms with E-state index >= 15 is 0 Å². The Balaban J connectivity index is 1.78.